The van der Waals surface area contributed by atoms with Crippen molar-refractivity contribution in [2.24, 2.45) is 5.92 Å². The number of halogens is 1. The van der Waals surface area contributed by atoms with E-state index in [1.807, 2.05) is 13.0 Å². The van der Waals surface area contributed by atoms with Gasteiger partial charge in [0, 0.05) is 39.2 Å². The average molecular weight is 390 g/mol. The molecule has 3 rings (SSSR count). The number of nitrogens with zero attached hydrogens (tertiary/aromatic N) is 5. The minimum atomic E-state index is -0.140. The van der Waals surface area contributed by atoms with Crippen LogP contribution in [0.25, 0.3) is 5.69 Å². The minimum Gasteiger partial charge on any atom is -0.345 e. The van der Waals surface area contributed by atoms with Gasteiger partial charge >= 0.3 is 0 Å². The highest BCUT2D eigenvalue weighted by molar-refractivity contribution is 6.32. The first-order valence-corrected chi connectivity index (χ1v) is 9.57. The van der Waals surface area contributed by atoms with Crippen molar-refractivity contribution in [3.8, 4) is 5.69 Å². The maximum Gasteiger partial charge on any atom is 0.227 e. The Balaban J connectivity index is 1.64. The van der Waals surface area contributed by atoms with E-state index in [1.54, 1.807) is 46.2 Å². The van der Waals surface area contributed by atoms with Crippen molar-refractivity contribution >= 4 is 29.1 Å². The summed E-state index contributed by atoms with van der Waals surface area (Å²) >= 11 is 6.27. The second-order valence-corrected chi connectivity index (χ2v) is 7.17. The number of anilines is 1. The molecule has 0 aliphatic heterocycles. The number of hydrogen-bond donors (Lipinski definition) is 0. The molecule has 8 heteroatoms. The zero-order valence-corrected chi connectivity index (χ0v) is 16.4. The topological polar surface area (TPSA) is 71.3 Å². The second-order valence-electron chi connectivity index (χ2n) is 6.82. The van der Waals surface area contributed by atoms with Gasteiger partial charge in [0.05, 0.1) is 18.1 Å². The monoisotopic (exact) mass is 389 g/mol. The molecule has 2 heterocycles. The molecule has 0 spiro atoms. The Morgan fingerprint density at radius 2 is 2.04 bits per heavy atom. The Hall–Kier alpha value is -2.41. The van der Waals surface area contributed by atoms with Gasteiger partial charge in [-0.15, -0.1) is 0 Å². The molecule has 2 amide bonds. The van der Waals surface area contributed by atoms with Gasteiger partial charge in [-0.05, 0) is 37.8 Å². The van der Waals surface area contributed by atoms with E-state index < -0.39 is 0 Å². The van der Waals surface area contributed by atoms with Crippen LogP contribution in [0.15, 0.2) is 30.7 Å². The van der Waals surface area contributed by atoms with Crippen LogP contribution in [0.5, 0.6) is 0 Å². The molecule has 1 fully saturated rings. The van der Waals surface area contributed by atoms with Gasteiger partial charge in [0.25, 0.3) is 0 Å². The summed E-state index contributed by atoms with van der Waals surface area (Å²) in [7, 11) is 1.80. The highest BCUT2D eigenvalue weighted by atomic mass is 35.5. The smallest absolute Gasteiger partial charge is 0.227 e. The molecule has 1 saturated carbocycles. The Morgan fingerprint density at radius 3 is 2.67 bits per heavy atom. The van der Waals surface area contributed by atoms with Crippen LogP contribution in [0, 0.1) is 5.92 Å². The number of carbonyl (C=O) groups is 2. The quantitative estimate of drug-likeness (QED) is 0.695. The third kappa shape index (κ3) is 4.86. The minimum absolute atomic E-state index is 0.00320. The molecule has 144 valence electrons. The molecule has 2 aromatic rings. The predicted octanol–water partition coefficient (Wildman–Crippen LogP) is 2.92. The molecule has 0 unspecified atom stereocenters. The lowest BCUT2D eigenvalue weighted by Crippen LogP contribution is -2.33. The van der Waals surface area contributed by atoms with E-state index in [-0.39, 0.29) is 29.8 Å². The lowest BCUT2D eigenvalue weighted by atomic mass is 10.2. The Kier molecular flexibility index (Phi) is 6.11. The van der Waals surface area contributed by atoms with Crippen molar-refractivity contribution in [3.63, 3.8) is 0 Å². The van der Waals surface area contributed by atoms with Crippen LogP contribution in [-0.4, -0.2) is 51.6 Å². The van der Waals surface area contributed by atoms with Gasteiger partial charge in [0.15, 0.2) is 5.15 Å². The van der Waals surface area contributed by atoms with Crippen LogP contribution in [0.4, 0.5) is 5.69 Å². The normalized spacial score (nSPS) is 13.4. The number of aromatic nitrogens is 3. The summed E-state index contributed by atoms with van der Waals surface area (Å²) in [5.74, 6) is 0.501. The van der Waals surface area contributed by atoms with Crippen LogP contribution in [0.3, 0.4) is 0 Å². The molecule has 1 aliphatic rings. The summed E-state index contributed by atoms with van der Waals surface area (Å²) in [6.07, 6.45) is 7.79. The van der Waals surface area contributed by atoms with Crippen LogP contribution in [0.1, 0.15) is 32.6 Å². The van der Waals surface area contributed by atoms with Crippen LogP contribution >= 0.6 is 11.6 Å². The van der Waals surface area contributed by atoms with Gasteiger partial charge in [-0.1, -0.05) is 11.6 Å². The molecule has 0 bridgehead atoms. The fraction of sp³-hybridized carbons (Fsp3) is 0.474. The van der Waals surface area contributed by atoms with E-state index in [0.29, 0.717) is 18.2 Å². The Morgan fingerprint density at radius 1 is 1.30 bits per heavy atom. The SMILES string of the molecule is CCN(C(=O)CCC(=O)N(C)CC1CC1)c1cn(-c2cccnc2)nc1Cl. The summed E-state index contributed by atoms with van der Waals surface area (Å²) in [6, 6.07) is 3.66. The summed E-state index contributed by atoms with van der Waals surface area (Å²) in [5, 5.41) is 4.51. The van der Waals surface area contributed by atoms with Crippen molar-refractivity contribution in [1.29, 1.82) is 0 Å². The summed E-state index contributed by atoms with van der Waals surface area (Å²) in [4.78, 5) is 32.3. The summed E-state index contributed by atoms with van der Waals surface area (Å²) in [6.45, 7) is 3.11. The number of carbonyl (C=O) groups excluding carboxylic acids is 2. The molecule has 0 aromatic carbocycles. The zero-order chi connectivity index (χ0) is 19.4. The van der Waals surface area contributed by atoms with E-state index in [0.717, 1.165) is 12.2 Å². The number of amides is 2. The van der Waals surface area contributed by atoms with Gasteiger partial charge in [-0.3, -0.25) is 14.6 Å². The first kappa shape index (κ1) is 19.4. The molecule has 27 heavy (non-hydrogen) atoms. The number of rotatable bonds is 8. The van der Waals surface area contributed by atoms with Crippen molar-refractivity contribution < 1.29 is 9.59 Å². The highest BCUT2D eigenvalue weighted by Crippen LogP contribution is 2.29. The van der Waals surface area contributed by atoms with E-state index in [9.17, 15) is 9.59 Å². The zero-order valence-electron chi connectivity index (χ0n) is 15.6. The van der Waals surface area contributed by atoms with E-state index in [2.05, 4.69) is 10.1 Å². The Bertz CT molecular complexity index is 804. The molecular formula is C19H24ClN5O2. The largest absolute Gasteiger partial charge is 0.345 e. The third-order valence-corrected chi connectivity index (χ3v) is 4.95. The standard InChI is InChI=1S/C19H24ClN5O2/c1-3-24(18(27)9-8-17(26)23(2)12-14-6-7-14)16-13-25(22-19(16)20)15-5-4-10-21-11-15/h4-5,10-11,13-14H,3,6-9,12H2,1-2H3. The lowest BCUT2D eigenvalue weighted by molar-refractivity contribution is -0.132. The van der Waals surface area contributed by atoms with E-state index in [1.165, 1.54) is 12.8 Å². The van der Waals surface area contributed by atoms with Crippen molar-refractivity contribution in [2.45, 2.75) is 32.6 Å². The maximum absolute atomic E-state index is 12.7. The highest BCUT2D eigenvalue weighted by Gasteiger charge is 2.26. The molecule has 0 N–H and O–H groups in total. The molecule has 0 saturated heterocycles. The van der Waals surface area contributed by atoms with Crippen molar-refractivity contribution in [1.82, 2.24) is 19.7 Å². The van der Waals surface area contributed by atoms with Gasteiger partial charge in [0.2, 0.25) is 11.8 Å². The third-order valence-electron chi connectivity index (χ3n) is 4.68. The van der Waals surface area contributed by atoms with Gasteiger partial charge in [-0.25, -0.2) is 4.68 Å². The lowest BCUT2D eigenvalue weighted by Gasteiger charge is -2.21. The number of pyridine rings is 1. The van der Waals surface area contributed by atoms with Crippen molar-refractivity contribution in [2.75, 3.05) is 25.0 Å². The average Bonchev–Trinajstić information content (AvgIpc) is 3.41. The van der Waals surface area contributed by atoms with Crippen LogP contribution < -0.4 is 4.90 Å². The molecule has 7 nitrogen and oxygen atoms in total. The second kappa shape index (κ2) is 8.52. The van der Waals surface area contributed by atoms with Gasteiger partial charge < -0.3 is 9.80 Å². The number of hydrogen-bond acceptors (Lipinski definition) is 4. The van der Waals surface area contributed by atoms with Crippen molar-refractivity contribution in [3.05, 3.63) is 35.9 Å². The molecule has 2 aromatic heterocycles. The first-order chi connectivity index (χ1) is 13.0. The fourth-order valence-electron chi connectivity index (χ4n) is 2.96. The molecular weight excluding hydrogens is 366 g/mol. The maximum atomic E-state index is 12.7. The predicted molar refractivity (Wildman–Crippen MR) is 104 cm³/mol. The van der Waals surface area contributed by atoms with Crippen LogP contribution in [-0.2, 0) is 9.59 Å². The van der Waals surface area contributed by atoms with E-state index in [4.69, 9.17) is 11.6 Å². The molecule has 1 aliphatic carbocycles. The van der Waals surface area contributed by atoms with E-state index >= 15 is 0 Å². The first-order valence-electron chi connectivity index (χ1n) is 9.19. The summed E-state index contributed by atoms with van der Waals surface area (Å²) in [5.41, 5.74) is 1.29. The Labute approximate surface area is 163 Å². The molecule has 0 atom stereocenters. The van der Waals surface area contributed by atoms with Crippen LogP contribution in [0.2, 0.25) is 5.15 Å². The molecule has 0 radical (unpaired) electrons. The van der Waals surface area contributed by atoms with Gasteiger partial charge in [0.1, 0.15) is 5.69 Å². The fourth-order valence-corrected chi connectivity index (χ4v) is 3.19. The van der Waals surface area contributed by atoms with Gasteiger partial charge in [-0.2, -0.15) is 5.10 Å². The summed E-state index contributed by atoms with van der Waals surface area (Å²) < 4.78 is 1.59.